The van der Waals surface area contributed by atoms with Crippen LogP contribution in [-0.2, 0) is 4.79 Å². The van der Waals surface area contributed by atoms with Crippen LogP contribution >= 0.6 is 23.5 Å². The van der Waals surface area contributed by atoms with Gasteiger partial charge >= 0.3 is 0 Å². The highest BCUT2D eigenvalue weighted by molar-refractivity contribution is 8.21. The second-order valence-electron chi connectivity index (χ2n) is 7.92. The van der Waals surface area contributed by atoms with E-state index in [1.807, 2.05) is 0 Å². The zero-order valence-corrected chi connectivity index (χ0v) is 15.4. The molecule has 0 aromatic rings. The number of piperidine rings is 1. The third kappa shape index (κ3) is 2.62. The van der Waals surface area contributed by atoms with Gasteiger partial charge in [-0.1, -0.05) is 13.3 Å². The minimum Gasteiger partial charge on any atom is -0.342 e. The molecule has 4 fully saturated rings. The SMILES string of the molecule is CC1CCN(C(=O)C2CC3CCCC(C2)C32SCCS2)CC1. The van der Waals surface area contributed by atoms with Crippen LogP contribution in [0.15, 0.2) is 0 Å². The van der Waals surface area contributed by atoms with Crippen LogP contribution in [0, 0.1) is 23.7 Å². The lowest BCUT2D eigenvalue weighted by Gasteiger charge is -2.52. The molecule has 22 heavy (non-hydrogen) atoms. The van der Waals surface area contributed by atoms with Gasteiger partial charge in [0.15, 0.2) is 0 Å². The van der Waals surface area contributed by atoms with Crippen molar-refractivity contribution in [2.75, 3.05) is 24.6 Å². The van der Waals surface area contributed by atoms with Gasteiger partial charge in [0.2, 0.25) is 5.91 Å². The molecule has 2 nitrogen and oxygen atoms in total. The molecule has 0 aromatic heterocycles. The molecule has 4 rings (SSSR count). The van der Waals surface area contributed by atoms with Gasteiger partial charge < -0.3 is 4.90 Å². The number of nitrogens with zero attached hydrogens (tertiary/aromatic N) is 1. The number of hydrogen-bond donors (Lipinski definition) is 0. The van der Waals surface area contributed by atoms with Crippen molar-refractivity contribution in [2.45, 2.75) is 55.9 Å². The highest BCUT2D eigenvalue weighted by atomic mass is 32.2. The van der Waals surface area contributed by atoms with Crippen LogP contribution in [0.5, 0.6) is 0 Å². The van der Waals surface area contributed by atoms with Crippen LogP contribution in [0.3, 0.4) is 0 Å². The summed E-state index contributed by atoms with van der Waals surface area (Å²) in [7, 11) is 0. The normalized spacial score (nSPS) is 38.4. The Morgan fingerprint density at radius 3 is 2.18 bits per heavy atom. The quantitative estimate of drug-likeness (QED) is 0.712. The second-order valence-corrected chi connectivity index (χ2v) is 10.9. The van der Waals surface area contributed by atoms with Crippen molar-refractivity contribution in [3.63, 3.8) is 0 Å². The molecule has 4 aliphatic rings. The van der Waals surface area contributed by atoms with E-state index in [0.29, 0.717) is 15.9 Å². The van der Waals surface area contributed by atoms with Gasteiger partial charge in [-0.2, -0.15) is 0 Å². The van der Waals surface area contributed by atoms with Gasteiger partial charge in [-0.05, 0) is 56.3 Å². The van der Waals surface area contributed by atoms with Crippen molar-refractivity contribution >= 4 is 29.4 Å². The Hall–Kier alpha value is 0.170. The zero-order chi connectivity index (χ0) is 15.2. The maximum absolute atomic E-state index is 13.0. The minimum atomic E-state index is 0.344. The molecule has 0 N–H and O–H groups in total. The lowest BCUT2D eigenvalue weighted by Crippen LogP contribution is -2.51. The lowest BCUT2D eigenvalue weighted by molar-refractivity contribution is -0.139. The fraction of sp³-hybridized carbons (Fsp3) is 0.944. The Morgan fingerprint density at radius 2 is 1.59 bits per heavy atom. The predicted molar refractivity (Wildman–Crippen MR) is 96.2 cm³/mol. The molecule has 2 atom stereocenters. The molecular weight excluding hydrogens is 310 g/mol. The van der Waals surface area contributed by atoms with E-state index in [0.717, 1.165) is 30.8 Å². The van der Waals surface area contributed by atoms with E-state index >= 15 is 0 Å². The van der Waals surface area contributed by atoms with Gasteiger partial charge in [0.1, 0.15) is 0 Å². The molecule has 1 spiro atoms. The van der Waals surface area contributed by atoms with Gasteiger partial charge in [-0.15, -0.1) is 23.5 Å². The largest absolute Gasteiger partial charge is 0.342 e. The van der Waals surface area contributed by atoms with Gasteiger partial charge in [0.05, 0.1) is 4.08 Å². The van der Waals surface area contributed by atoms with Gasteiger partial charge in [-0.3, -0.25) is 4.79 Å². The third-order valence-corrected chi connectivity index (χ3v) is 10.6. The van der Waals surface area contributed by atoms with E-state index in [2.05, 4.69) is 35.3 Å². The monoisotopic (exact) mass is 339 g/mol. The molecule has 2 saturated heterocycles. The summed E-state index contributed by atoms with van der Waals surface area (Å²) in [6, 6.07) is 0. The number of amides is 1. The van der Waals surface area contributed by atoms with Crippen LogP contribution in [0.1, 0.15) is 51.9 Å². The summed E-state index contributed by atoms with van der Waals surface area (Å²) in [5, 5.41) is 0. The summed E-state index contributed by atoms with van der Waals surface area (Å²) in [5.74, 6) is 5.93. The van der Waals surface area contributed by atoms with Crippen molar-refractivity contribution in [2.24, 2.45) is 23.7 Å². The fourth-order valence-electron chi connectivity index (χ4n) is 5.30. The maximum atomic E-state index is 13.0. The molecule has 1 amide bonds. The number of likely N-dealkylation sites (tertiary alicyclic amines) is 1. The third-order valence-electron chi connectivity index (χ3n) is 6.56. The molecule has 124 valence electrons. The first-order valence-corrected chi connectivity index (χ1v) is 11.2. The summed E-state index contributed by atoms with van der Waals surface area (Å²) in [5.41, 5.74) is 0. The average Bonchev–Trinajstić information content (AvgIpc) is 2.97. The minimum absolute atomic E-state index is 0.344. The molecule has 0 aromatic carbocycles. The summed E-state index contributed by atoms with van der Waals surface area (Å²) >= 11 is 4.49. The van der Waals surface area contributed by atoms with Gasteiger partial charge in [0.25, 0.3) is 0 Å². The Balaban J connectivity index is 1.46. The molecule has 4 heteroatoms. The van der Waals surface area contributed by atoms with Crippen LogP contribution in [0.4, 0.5) is 0 Å². The Bertz CT molecular complexity index is 411. The average molecular weight is 340 g/mol. The molecule has 2 aliphatic heterocycles. The van der Waals surface area contributed by atoms with E-state index in [-0.39, 0.29) is 0 Å². The highest BCUT2D eigenvalue weighted by Crippen LogP contribution is 2.64. The van der Waals surface area contributed by atoms with Crippen molar-refractivity contribution in [3.05, 3.63) is 0 Å². The summed E-state index contributed by atoms with van der Waals surface area (Å²) < 4.78 is 0.505. The highest BCUT2D eigenvalue weighted by Gasteiger charge is 2.55. The van der Waals surface area contributed by atoms with Gasteiger partial charge in [-0.25, -0.2) is 0 Å². The van der Waals surface area contributed by atoms with E-state index < -0.39 is 0 Å². The standard InChI is InChI=1S/C18H29NOS2/c1-13-5-7-19(8-6-13)17(20)14-11-15-3-2-4-16(12-14)18(15)21-9-10-22-18/h13-16H,2-12H2,1H3. The first kappa shape index (κ1) is 15.7. The van der Waals surface area contributed by atoms with Crippen molar-refractivity contribution in [1.29, 1.82) is 0 Å². The van der Waals surface area contributed by atoms with E-state index in [1.54, 1.807) is 0 Å². The first-order chi connectivity index (χ1) is 10.7. The number of carbonyl (C=O) groups excluding carboxylic acids is 1. The number of thioether (sulfide) groups is 2. The molecular formula is C18H29NOS2. The molecule has 2 heterocycles. The van der Waals surface area contributed by atoms with E-state index in [4.69, 9.17) is 0 Å². The van der Waals surface area contributed by atoms with Crippen LogP contribution in [0.2, 0.25) is 0 Å². The Labute approximate surface area is 143 Å². The van der Waals surface area contributed by atoms with Crippen LogP contribution < -0.4 is 0 Å². The van der Waals surface area contributed by atoms with E-state index in [1.165, 1.54) is 56.5 Å². The van der Waals surface area contributed by atoms with E-state index in [9.17, 15) is 4.79 Å². The molecule has 2 unspecified atom stereocenters. The molecule has 2 aliphatic carbocycles. The molecule has 2 bridgehead atoms. The topological polar surface area (TPSA) is 20.3 Å². The van der Waals surface area contributed by atoms with Crippen molar-refractivity contribution in [1.82, 2.24) is 4.90 Å². The predicted octanol–water partition coefficient (Wildman–Crippen LogP) is 4.25. The van der Waals surface area contributed by atoms with Gasteiger partial charge in [0, 0.05) is 30.5 Å². The van der Waals surface area contributed by atoms with Crippen molar-refractivity contribution < 1.29 is 4.79 Å². The Kier molecular flexibility index (Phi) is 4.44. The zero-order valence-electron chi connectivity index (χ0n) is 13.8. The first-order valence-electron chi connectivity index (χ1n) is 9.26. The van der Waals surface area contributed by atoms with Crippen LogP contribution in [0.25, 0.3) is 0 Å². The lowest BCUT2D eigenvalue weighted by atomic mass is 9.66. The number of carbonyl (C=O) groups is 1. The summed E-state index contributed by atoms with van der Waals surface area (Å²) in [4.78, 5) is 15.2. The fourth-order valence-corrected chi connectivity index (χ4v) is 9.24. The summed E-state index contributed by atoms with van der Waals surface area (Å²) in [6.45, 7) is 4.35. The smallest absolute Gasteiger partial charge is 0.225 e. The summed E-state index contributed by atoms with van der Waals surface area (Å²) in [6.07, 6.45) is 8.93. The number of hydrogen-bond acceptors (Lipinski definition) is 3. The Morgan fingerprint density at radius 1 is 1.00 bits per heavy atom. The second kappa shape index (κ2) is 6.23. The molecule has 0 radical (unpaired) electrons. The number of rotatable bonds is 1. The molecule has 2 saturated carbocycles. The maximum Gasteiger partial charge on any atom is 0.225 e. The van der Waals surface area contributed by atoms with Crippen molar-refractivity contribution in [3.8, 4) is 0 Å². The van der Waals surface area contributed by atoms with Crippen LogP contribution in [-0.4, -0.2) is 39.5 Å².